The maximum atomic E-state index is 3.84. The highest BCUT2D eigenvalue weighted by Gasteiger charge is 2.42. The van der Waals surface area contributed by atoms with Crippen LogP contribution >= 0.6 is 0 Å². The Morgan fingerprint density at radius 2 is 2.06 bits per heavy atom. The third-order valence-electron chi connectivity index (χ3n) is 5.55. The van der Waals surface area contributed by atoms with Crippen LogP contribution in [0.5, 0.6) is 0 Å². The van der Waals surface area contributed by atoms with Gasteiger partial charge in [0.1, 0.15) is 0 Å². The Hall–Kier alpha value is -0.0400. The maximum Gasteiger partial charge on any atom is 0.0156 e. The van der Waals surface area contributed by atoms with Crippen LogP contribution in [-0.4, -0.2) is 12.1 Å². The van der Waals surface area contributed by atoms with E-state index in [1.54, 1.807) is 25.7 Å². The van der Waals surface area contributed by atoms with Crippen LogP contribution in [0.15, 0.2) is 0 Å². The molecule has 0 amide bonds. The van der Waals surface area contributed by atoms with Gasteiger partial charge in [0.25, 0.3) is 0 Å². The van der Waals surface area contributed by atoms with E-state index in [9.17, 15) is 0 Å². The van der Waals surface area contributed by atoms with Crippen molar-refractivity contribution >= 4 is 0 Å². The Morgan fingerprint density at radius 1 is 1.12 bits per heavy atom. The minimum absolute atomic E-state index is 0.478. The van der Waals surface area contributed by atoms with Gasteiger partial charge in [0.05, 0.1) is 0 Å². The molecule has 92 valence electrons. The van der Waals surface area contributed by atoms with E-state index < -0.39 is 0 Å². The summed E-state index contributed by atoms with van der Waals surface area (Å²) in [6.45, 7) is 3.75. The van der Waals surface area contributed by atoms with Crippen molar-refractivity contribution in [2.75, 3.05) is 6.54 Å². The molecule has 2 bridgehead atoms. The summed E-state index contributed by atoms with van der Waals surface area (Å²) in [5.74, 6) is 3.28. The predicted molar refractivity (Wildman–Crippen MR) is 68.4 cm³/mol. The molecule has 1 saturated heterocycles. The molecule has 0 aromatic rings. The quantitative estimate of drug-likeness (QED) is 0.749. The monoisotopic (exact) mass is 221 g/mol. The zero-order valence-electron chi connectivity index (χ0n) is 10.8. The number of hydrogen-bond acceptors (Lipinski definition) is 1. The lowest BCUT2D eigenvalue weighted by molar-refractivity contribution is 0.214. The van der Waals surface area contributed by atoms with Gasteiger partial charge < -0.3 is 5.32 Å². The van der Waals surface area contributed by atoms with E-state index in [0.717, 1.165) is 17.8 Å². The van der Waals surface area contributed by atoms with E-state index in [0.29, 0.717) is 5.54 Å². The average molecular weight is 221 g/mol. The van der Waals surface area contributed by atoms with Crippen LogP contribution in [0.4, 0.5) is 0 Å². The van der Waals surface area contributed by atoms with Crippen LogP contribution in [0, 0.1) is 17.8 Å². The Balaban J connectivity index is 1.60. The molecule has 4 atom stereocenters. The minimum Gasteiger partial charge on any atom is -0.312 e. The van der Waals surface area contributed by atoms with Gasteiger partial charge >= 0.3 is 0 Å². The lowest BCUT2D eigenvalue weighted by Crippen LogP contribution is -2.43. The SMILES string of the molecule is CC1(CC2CC3CCC2C3)CCCCCN1. The first kappa shape index (κ1) is 11.1. The van der Waals surface area contributed by atoms with Crippen LogP contribution in [0.25, 0.3) is 0 Å². The van der Waals surface area contributed by atoms with E-state index in [2.05, 4.69) is 12.2 Å². The predicted octanol–water partition coefficient (Wildman–Crippen LogP) is 3.74. The highest BCUT2D eigenvalue weighted by Crippen LogP contribution is 2.51. The highest BCUT2D eigenvalue weighted by molar-refractivity contribution is 4.96. The van der Waals surface area contributed by atoms with Gasteiger partial charge in [-0.3, -0.25) is 0 Å². The molecule has 0 aromatic heterocycles. The van der Waals surface area contributed by atoms with Gasteiger partial charge in [-0.15, -0.1) is 0 Å². The third kappa shape index (κ3) is 2.16. The molecule has 0 radical (unpaired) electrons. The Morgan fingerprint density at radius 3 is 2.81 bits per heavy atom. The fraction of sp³-hybridized carbons (Fsp3) is 1.00. The van der Waals surface area contributed by atoms with E-state index in [1.165, 1.54) is 38.6 Å². The van der Waals surface area contributed by atoms with Crippen molar-refractivity contribution in [3.8, 4) is 0 Å². The molecule has 3 aliphatic rings. The second-order valence-corrected chi connectivity index (χ2v) is 6.94. The van der Waals surface area contributed by atoms with Crippen LogP contribution in [0.2, 0.25) is 0 Å². The van der Waals surface area contributed by atoms with E-state index in [4.69, 9.17) is 0 Å². The van der Waals surface area contributed by atoms with Crippen molar-refractivity contribution in [1.82, 2.24) is 5.32 Å². The van der Waals surface area contributed by atoms with Crippen LogP contribution in [0.1, 0.15) is 64.7 Å². The summed E-state index contributed by atoms with van der Waals surface area (Å²) < 4.78 is 0. The van der Waals surface area contributed by atoms with E-state index in [1.807, 2.05) is 0 Å². The molecular formula is C15H27N. The number of hydrogen-bond donors (Lipinski definition) is 1. The summed E-state index contributed by atoms with van der Waals surface area (Å²) in [7, 11) is 0. The Labute approximate surface area is 100 Å². The zero-order chi connectivity index (χ0) is 11.0. The van der Waals surface area contributed by atoms with Crippen LogP contribution in [-0.2, 0) is 0 Å². The first-order valence-corrected chi connectivity index (χ1v) is 7.50. The normalized spacial score (nSPS) is 48.2. The van der Waals surface area contributed by atoms with Crippen molar-refractivity contribution in [3.63, 3.8) is 0 Å². The fourth-order valence-electron chi connectivity index (χ4n) is 4.67. The van der Waals surface area contributed by atoms with Gasteiger partial charge in [-0.1, -0.05) is 19.3 Å². The summed E-state index contributed by atoms with van der Waals surface area (Å²) in [4.78, 5) is 0. The number of fused-ring (bicyclic) bond motifs is 2. The molecule has 3 fully saturated rings. The van der Waals surface area contributed by atoms with Gasteiger partial charge in [0, 0.05) is 5.54 Å². The molecule has 1 N–H and O–H groups in total. The van der Waals surface area contributed by atoms with Crippen molar-refractivity contribution < 1.29 is 0 Å². The fourth-order valence-corrected chi connectivity index (χ4v) is 4.67. The second-order valence-electron chi connectivity index (χ2n) is 6.94. The van der Waals surface area contributed by atoms with Gasteiger partial charge in [0.15, 0.2) is 0 Å². The molecule has 1 heterocycles. The summed E-state index contributed by atoms with van der Waals surface area (Å²) in [6.07, 6.45) is 13.4. The number of rotatable bonds is 2. The molecule has 4 unspecified atom stereocenters. The summed E-state index contributed by atoms with van der Waals surface area (Å²) in [5.41, 5.74) is 0.478. The second kappa shape index (κ2) is 4.33. The molecule has 1 heteroatoms. The largest absolute Gasteiger partial charge is 0.312 e. The molecular weight excluding hydrogens is 194 g/mol. The molecule has 16 heavy (non-hydrogen) atoms. The highest BCUT2D eigenvalue weighted by atomic mass is 15.0. The molecule has 1 nitrogen and oxygen atoms in total. The standard InChI is InChI=1S/C15H27N/c1-15(7-3-2-4-8-16-15)11-14-10-12-5-6-13(14)9-12/h12-14,16H,2-11H2,1H3. The topological polar surface area (TPSA) is 12.0 Å². The first-order chi connectivity index (χ1) is 7.75. The number of nitrogens with one attached hydrogen (secondary N) is 1. The van der Waals surface area contributed by atoms with Gasteiger partial charge in [-0.2, -0.15) is 0 Å². The van der Waals surface area contributed by atoms with Crippen molar-refractivity contribution in [1.29, 1.82) is 0 Å². The Kier molecular flexibility index (Phi) is 2.99. The van der Waals surface area contributed by atoms with E-state index in [-0.39, 0.29) is 0 Å². The molecule has 0 aromatic carbocycles. The minimum atomic E-state index is 0.478. The summed E-state index contributed by atoms with van der Waals surface area (Å²) in [6, 6.07) is 0. The Bertz CT molecular complexity index is 240. The van der Waals surface area contributed by atoms with Crippen molar-refractivity contribution in [2.24, 2.45) is 17.8 Å². The maximum absolute atomic E-state index is 3.84. The lowest BCUT2D eigenvalue weighted by atomic mass is 9.78. The van der Waals surface area contributed by atoms with Gasteiger partial charge in [0.2, 0.25) is 0 Å². The summed E-state index contributed by atoms with van der Waals surface area (Å²) in [5, 5.41) is 3.84. The van der Waals surface area contributed by atoms with Crippen LogP contribution < -0.4 is 5.32 Å². The van der Waals surface area contributed by atoms with Gasteiger partial charge in [-0.05, 0) is 69.7 Å². The first-order valence-electron chi connectivity index (χ1n) is 7.50. The molecule has 0 spiro atoms. The van der Waals surface area contributed by atoms with Crippen LogP contribution in [0.3, 0.4) is 0 Å². The molecule has 2 saturated carbocycles. The van der Waals surface area contributed by atoms with E-state index >= 15 is 0 Å². The van der Waals surface area contributed by atoms with Crippen molar-refractivity contribution in [3.05, 3.63) is 0 Å². The molecule has 1 aliphatic heterocycles. The molecule has 2 aliphatic carbocycles. The zero-order valence-corrected chi connectivity index (χ0v) is 10.8. The van der Waals surface area contributed by atoms with Gasteiger partial charge in [-0.25, -0.2) is 0 Å². The smallest absolute Gasteiger partial charge is 0.0156 e. The average Bonchev–Trinajstić information content (AvgIpc) is 2.79. The lowest BCUT2D eigenvalue weighted by Gasteiger charge is -2.35. The third-order valence-corrected chi connectivity index (χ3v) is 5.55. The summed E-state index contributed by atoms with van der Waals surface area (Å²) >= 11 is 0. The van der Waals surface area contributed by atoms with Crippen molar-refractivity contribution in [2.45, 2.75) is 70.3 Å². The molecule has 3 rings (SSSR count).